The second-order valence-electron chi connectivity index (χ2n) is 5.42. The number of aliphatic hydroxyl groups is 1. The van der Waals surface area contributed by atoms with E-state index in [0.29, 0.717) is 28.9 Å². The molecule has 1 N–H and O–H groups in total. The first-order valence-electron chi connectivity index (χ1n) is 6.55. The highest BCUT2D eigenvalue weighted by atomic mass is 32.2. The van der Waals surface area contributed by atoms with E-state index >= 15 is 0 Å². The molecule has 2 bridgehead atoms. The van der Waals surface area contributed by atoms with Crippen molar-refractivity contribution in [2.75, 3.05) is 0 Å². The minimum Gasteiger partial charge on any atom is -0.385 e. The minimum atomic E-state index is -0.983. The molecule has 0 aromatic carbocycles. The fourth-order valence-electron chi connectivity index (χ4n) is 3.13. The van der Waals surface area contributed by atoms with Gasteiger partial charge < -0.3 is 5.11 Å². The lowest BCUT2D eigenvalue weighted by Crippen LogP contribution is -2.40. The highest BCUT2D eigenvalue weighted by Crippen LogP contribution is 2.49. The molecule has 0 aliphatic carbocycles. The quantitative estimate of drug-likeness (QED) is 0.858. The third-order valence-electron chi connectivity index (χ3n) is 4.05. The molecule has 3 heterocycles. The zero-order chi connectivity index (χ0) is 13.5. The molecule has 2 atom stereocenters. The van der Waals surface area contributed by atoms with Crippen molar-refractivity contribution in [3.63, 3.8) is 0 Å². The number of rotatable bonds is 1. The Morgan fingerprint density at radius 1 is 1.42 bits per heavy atom. The number of halogens is 1. The van der Waals surface area contributed by atoms with E-state index in [-0.39, 0.29) is 5.69 Å². The van der Waals surface area contributed by atoms with Crippen molar-refractivity contribution in [3.05, 3.63) is 29.3 Å². The standard InChI is InChI=1S/C14H15FN2OS/c15-12-4-9(8-17-13(12)7-16)14(18)5-10-2-1-3-11(6-14)19-10/h4,8,10-11,18H,1-3,5-6H2. The van der Waals surface area contributed by atoms with Gasteiger partial charge in [0, 0.05) is 22.3 Å². The van der Waals surface area contributed by atoms with E-state index in [1.807, 2.05) is 11.8 Å². The third kappa shape index (κ3) is 2.35. The number of aromatic nitrogens is 1. The Morgan fingerprint density at radius 3 is 2.68 bits per heavy atom. The number of hydrogen-bond acceptors (Lipinski definition) is 4. The minimum absolute atomic E-state index is 0.210. The second-order valence-corrected chi connectivity index (χ2v) is 7.02. The zero-order valence-electron chi connectivity index (χ0n) is 10.5. The molecule has 2 saturated heterocycles. The summed E-state index contributed by atoms with van der Waals surface area (Å²) in [5.41, 5.74) is -0.679. The molecule has 2 aliphatic heterocycles. The highest BCUT2D eigenvalue weighted by molar-refractivity contribution is 8.00. The second kappa shape index (κ2) is 4.77. The average Bonchev–Trinajstić information content (AvgIpc) is 2.38. The predicted octanol–water partition coefficient (Wildman–Crippen LogP) is 2.73. The van der Waals surface area contributed by atoms with E-state index in [1.165, 1.54) is 18.7 Å². The van der Waals surface area contributed by atoms with E-state index in [2.05, 4.69) is 4.98 Å². The van der Waals surface area contributed by atoms with Crippen LogP contribution in [0.15, 0.2) is 12.3 Å². The van der Waals surface area contributed by atoms with Crippen molar-refractivity contribution >= 4 is 11.8 Å². The van der Waals surface area contributed by atoms with Crippen LogP contribution in [0, 0.1) is 17.1 Å². The molecule has 3 rings (SSSR count). The highest BCUT2D eigenvalue weighted by Gasteiger charge is 2.42. The van der Waals surface area contributed by atoms with Crippen LogP contribution in [0.25, 0.3) is 0 Å². The van der Waals surface area contributed by atoms with E-state index in [0.717, 1.165) is 12.8 Å². The lowest BCUT2D eigenvalue weighted by atomic mass is 9.81. The maximum atomic E-state index is 13.7. The van der Waals surface area contributed by atoms with Crippen LogP contribution in [-0.4, -0.2) is 20.6 Å². The van der Waals surface area contributed by atoms with Gasteiger partial charge in [0.2, 0.25) is 0 Å². The van der Waals surface area contributed by atoms with E-state index < -0.39 is 11.4 Å². The van der Waals surface area contributed by atoms with Gasteiger partial charge in [0.25, 0.3) is 0 Å². The Bertz CT molecular complexity index is 531. The molecular weight excluding hydrogens is 263 g/mol. The fraction of sp³-hybridized carbons (Fsp3) is 0.571. The first-order valence-corrected chi connectivity index (χ1v) is 7.49. The summed E-state index contributed by atoms with van der Waals surface area (Å²) in [6.45, 7) is 0. The van der Waals surface area contributed by atoms with Gasteiger partial charge >= 0.3 is 0 Å². The van der Waals surface area contributed by atoms with Gasteiger partial charge in [-0.25, -0.2) is 9.37 Å². The summed E-state index contributed by atoms with van der Waals surface area (Å²) in [5.74, 6) is -0.642. The van der Waals surface area contributed by atoms with Gasteiger partial charge in [0.05, 0.1) is 5.60 Å². The van der Waals surface area contributed by atoms with Gasteiger partial charge in [0.15, 0.2) is 11.5 Å². The summed E-state index contributed by atoms with van der Waals surface area (Å²) < 4.78 is 13.7. The summed E-state index contributed by atoms with van der Waals surface area (Å²) in [5, 5.41) is 20.4. The van der Waals surface area contributed by atoms with Gasteiger partial charge in [-0.3, -0.25) is 0 Å². The summed E-state index contributed by atoms with van der Waals surface area (Å²) in [7, 11) is 0. The normalized spacial score (nSPS) is 33.7. The van der Waals surface area contributed by atoms with Crippen molar-refractivity contribution in [3.8, 4) is 6.07 Å². The van der Waals surface area contributed by atoms with Crippen LogP contribution in [-0.2, 0) is 5.60 Å². The fourth-order valence-corrected chi connectivity index (χ4v) is 5.02. The Kier molecular flexibility index (Phi) is 3.23. The summed E-state index contributed by atoms with van der Waals surface area (Å²) in [6, 6.07) is 2.98. The molecular formula is C14H15FN2OS. The third-order valence-corrected chi connectivity index (χ3v) is 5.63. The first kappa shape index (κ1) is 12.9. The zero-order valence-corrected chi connectivity index (χ0v) is 11.3. The molecule has 2 aliphatic rings. The number of nitriles is 1. The van der Waals surface area contributed by atoms with Crippen LogP contribution in [0.4, 0.5) is 4.39 Å². The SMILES string of the molecule is N#Cc1ncc(C2(O)CC3CCCC(C2)S3)cc1F. The summed E-state index contributed by atoms with van der Waals surface area (Å²) in [6.07, 6.45) is 6.22. The molecule has 100 valence electrons. The lowest BCUT2D eigenvalue weighted by molar-refractivity contribution is 0.00752. The Morgan fingerprint density at radius 2 is 2.11 bits per heavy atom. The van der Waals surface area contributed by atoms with Crippen molar-refractivity contribution in [2.24, 2.45) is 0 Å². The Hall–Kier alpha value is -1.12. The smallest absolute Gasteiger partial charge is 0.176 e. The average molecular weight is 278 g/mol. The van der Waals surface area contributed by atoms with Crippen molar-refractivity contribution in [2.45, 2.75) is 48.2 Å². The number of nitrogens with zero attached hydrogens (tertiary/aromatic N) is 2. The summed E-state index contributed by atoms with van der Waals surface area (Å²) >= 11 is 1.96. The van der Waals surface area contributed by atoms with Crippen LogP contribution in [0.2, 0.25) is 0 Å². The maximum Gasteiger partial charge on any atom is 0.176 e. The molecule has 19 heavy (non-hydrogen) atoms. The molecule has 0 saturated carbocycles. The predicted molar refractivity (Wildman–Crippen MR) is 71.1 cm³/mol. The van der Waals surface area contributed by atoms with E-state index in [9.17, 15) is 9.50 Å². The van der Waals surface area contributed by atoms with Crippen molar-refractivity contribution in [1.82, 2.24) is 4.98 Å². The number of thioether (sulfide) groups is 1. The topological polar surface area (TPSA) is 56.9 Å². The molecule has 1 aromatic rings. The molecule has 0 spiro atoms. The van der Waals surface area contributed by atoms with E-state index in [1.54, 1.807) is 6.07 Å². The van der Waals surface area contributed by atoms with Gasteiger partial charge in [-0.1, -0.05) is 6.42 Å². The molecule has 0 amide bonds. The first-order chi connectivity index (χ1) is 9.10. The van der Waals surface area contributed by atoms with Crippen LogP contribution in [0.3, 0.4) is 0 Å². The van der Waals surface area contributed by atoms with Crippen LogP contribution in [0.5, 0.6) is 0 Å². The van der Waals surface area contributed by atoms with Crippen molar-refractivity contribution in [1.29, 1.82) is 5.26 Å². The molecule has 5 heteroatoms. The van der Waals surface area contributed by atoms with Crippen LogP contribution in [0.1, 0.15) is 43.4 Å². The lowest BCUT2D eigenvalue weighted by Gasteiger charge is -2.44. The van der Waals surface area contributed by atoms with E-state index in [4.69, 9.17) is 5.26 Å². The molecule has 3 nitrogen and oxygen atoms in total. The van der Waals surface area contributed by atoms with Gasteiger partial charge in [0.1, 0.15) is 6.07 Å². The molecule has 2 unspecified atom stereocenters. The summed E-state index contributed by atoms with van der Waals surface area (Å²) in [4.78, 5) is 3.81. The number of hydrogen-bond donors (Lipinski definition) is 1. The number of pyridine rings is 1. The molecule has 1 aromatic heterocycles. The molecule has 0 radical (unpaired) electrons. The van der Waals surface area contributed by atoms with Gasteiger partial charge in [-0.2, -0.15) is 17.0 Å². The van der Waals surface area contributed by atoms with Crippen molar-refractivity contribution < 1.29 is 9.50 Å². The molecule has 2 fully saturated rings. The number of fused-ring (bicyclic) bond motifs is 2. The largest absolute Gasteiger partial charge is 0.385 e. The van der Waals surface area contributed by atoms with Crippen LogP contribution < -0.4 is 0 Å². The van der Waals surface area contributed by atoms with Gasteiger partial charge in [-0.15, -0.1) is 0 Å². The Labute approximate surface area is 115 Å². The van der Waals surface area contributed by atoms with Gasteiger partial charge in [-0.05, 0) is 31.7 Å². The monoisotopic (exact) mass is 278 g/mol. The Balaban J connectivity index is 1.92. The van der Waals surface area contributed by atoms with Crippen LogP contribution >= 0.6 is 11.8 Å². The maximum absolute atomic E-state index is 13.7.